The van der Waals surface area contributed by atoms with Crippen molar-refractivity contribution in [3.8, 4) is 0 Å². The molecule has 2 aromatic carbocycles. The van der Waals surface area contributed by atoms with Gasteiger partial charge in [-0.2, -0.15) is 0 Å². The molecule has 0 bridgehead atoms. The predicted molar refractivity (Wildman–Crippen MR) is 103 cm³/mol. The molecular formula is C20H24N2O2S. The first-order valence-electron chi connectivity index (χ1n) is 8.58. The van der Waals surface area contributed by atoms with Gasteiger partial charge < -0.3 is 15.0 Å². The summed E-state index contributed by atoms with van der Waals surface area (Å²) in [7, 11) is 0. The average molecular weight is 356 g/mol. The van der Waals surface area contributed by atoms with Crippen LogP contribution in [-0.2, 0) is 16.1 Å². The molecule has 1 fully saturated rings. The number of hydrogen-bond donors (Lipinski definition) is 1. The third-order valence-electron chi connectivity index (χ3n) is 4.19. The first-order chi connectivity index (χ1) is 12.2. The number of anilines is 1. The summed E-state index contributed by atoms with van der Waals surface area (Å²) in [5.41, 5.74) is 3.56. The maximum absolute atomic E-state index is 12.0. The average Bonchev–Trinajstić information content (AvgIpc) is 2.67. The van der Waals surface area contributed by atoms with Gasteiger partial charge >= 0.3 is 0 Å². The van der Waals surface area contributed by atoms with Crippen LogP contribution >= 0.6 is 11.8 Å². The zero-order chi connectivity index (χ0) is 17.5. The van der Waals surface area contributed by atoms with Crippen LogP contribution in [0.25, 0.3) is 0 Å². The maximum atomic E-state index is 12.0. The van der Waals surface area contributed by atoms with E-state index in [4.69, 9.17) is 4.74 Å². The van der Waals surface area contributed by atoms with Gasteiger partial charge in [-0.1, -0.05) is 29.8 Å². The molecule has 1 heterocycles. The predicted octanol–water partition coefficient (Wildman–Crippen LogP) is 3.24. The van der Waals surface area contributed by atoms with Crippen LogP contribution < -0.4 is 10.2 Å². The van der Waals surface area contributed by atoms with Crippen LogP contribution in [0, 0.1) is 6.92 Å². The Morgan fingerprint density at radius 3 is 2.44 bits per heavy atom. The highest BCUT2D eigenvalue weighted by Crippen LogP contribution is 2.18. The molecule has 0 atom stereocenters. The molecule has 5 heteroatoms. The quantitative estimate of drug-likeness (QED) is 0.807. The molecule has 1 aliphatic rings. The van der Waals surface area contributed by atoms with Crippen LogP contribution in [0.5, 0.6) is 0 Å². The van der Waals surface area contributed by atoms with Crippen LogP contribution in [0.15, 0.2) is 53.4 Å². The number of thioether (sulfide) groups is 1. The second-order valence-corrected chi connectivity index (χ2v) is 7.19. The van der Waals surface area contributed by atoms with Crippen molar-refractivity contribution in [1.82, 2.24) is 5.32 Å². The molecule has 1 amide bonds. The molecule has 1 saturated heterocycles. The Hall–Kier alpha value is -1.98. The number of nitrogens with zero attached hydrogens (tertiary/aromatic N) is 1. The van der Waals surface area contributed by atoms with E-state index in [-0.39, 0.29) is 5.91 Å². The first-order valence-corrected chi connectivity index (χ1v) is 9.57. The molecule has 0 radical (unpaired) electrons. The lowest BCUT2D eigenvalue weighted by Crippen LogP contribution is -2.36. The summed E-state index contributed by atoms with van der Waals surface area (Å²) >= 11 is 1.56. The van der Waals surface area contributed by atoms with E-state index >= 15 is 0 Å². The van der Waals surface area contributed by atoms with E-state index in [1.165, 1.54) is 11.3 Å². The molecule has 0 unspecified atom stereocenters. The summed E-state index contributed by atoms with van der Waals surface area (Å²) in [5.74, 6) is 0.498. The topological polar surface area (TPSA) is 41.6 Å². The lowest BCUT2D eigenvalue weighted by atomic mass is 10.2. The van der Waals surface area contributed by atoms with Crippen molar-refractivity contribution < 1.29 is 9.53 Å². The van der Waals surface area contributed by atoms with Gasteiger partial charge in [0.15, 0.2) is 0 Å². The van der Waals surface area contributed by atoms with Crippen molar-refractivity contribution in [2.24, 2.45) is 0 Å². The van der Waals surface area contributed by atoms with Crippen molar-refractivity contribution in [3.63, 3.8) is 0 Å². The zero-order valence-electron chi connectivity index (χ0n) is 14.5. The number of hydrogen-bond acceptors (Lipinski definition) is 4. The summed E-state index contributed by atoms with van der Waals surface area (Å²) < 4.78 is 5.38. The van der Waals surface area contributed by atoms with Crippen LogP contribution in [0.4, 0.5) is 5.69 Å². The third kappa shape index (κ3) is 5.51. The van der Waals surface area contributed by atoms with E-state index in [0.717, 1.165) is 36.8 Å². The molecule has 2 aromatic rings. The fraction of sp³-hybridized carbons (Fsp3) is 0.350. The summed E-state index contributed by atoms with van der Waals surface area (Å²) in [6.45, 7) is 6.08. The Bertz CT molecular complexity index is 680. The van der Waals surface area contributed by atoms with Crippen LogP contribution in [0.1, 0.15) is 11.1 Å². The maximum Gasteiger partial charge on any atom is 0.230 e. The van der Waals surface area contributed by atoms with Gasteiger partial charge in [-0.3, -0.25) is 4.79 Å². The number of rotatable bonds is 6. The van der Waals surface area contributed by atoms with Crippen molar-refractivity contribution in [2.45, 2.75) is 18.4 Å². The van der Waals surface area contributed by atoms with Gasteiger partial charge in [0, 0.05) is 30.2 Å². The largest absolute Gasteiger partial charge is 0.378 e. The van der Waals surface area contributed by atoms with E-state index < -0.39 is 0 Å². The second-order valence-electron chi connectivity index (χ2n) is 6.14. The summed E-state index contributed by atoms with van der Waals surface area (Å²) in [6, 6.07) is 16.6. The second kappa shape index (κ2) is 8.92. The van der Waals surface area contributed by atoms with Crippen LogP contribution in [-0.4, -0.2) is 38.0 Å². The number of morpholine rings is 1. The van der Waals surface area contributed by atoms with E-state index in [1.807, 2.05) is 0 Å². The lowest BCUT2D eigenvalue weighted by molar-refractivity contribution is -0.118. The van der Waals surface area contributed by atoms with Crippen molar-refractivity contribution in [1.29, 1.82) is 0 Å². The van der Waals surface area contributed by atoms with Crippen LogP contribution in [0.3, 0.4) is 0 Å². The van der Waals surface area contributed by atoms with Crippen molar-refractivity contribution in [2.75, 3.05) is 37.0 Å². The summed E-state index contributed by atoms with van der Waals surface area (Å²) in [6.07, 6.45) is 0. The Labute approximate surface area is 153 Å². The standard InChI is InChI=1S/C20H24N2O2S/c1-16-2-8-19(9-3-16)25-15-20(23)21-14-17-4-6-18(7-5-17)22-10-12-24-13-11-22/h2-9H,10-15H2,1H3,(H,21,23). The Kier molecular flexibility index (Phi) is 6.36. The van der Waals surface area contributed by atoms with Gasteiger partial charge in [-0.05, 0) is 36.8 Å². The highest BCUT2D eigenvalue weighted by Gasteiger charge is 2.10. The van der Waals surface area contributed by atoms with E-state index in [0.29, 0.717) is 12.3 Å². The highest BCUT2D eigenvalue weighted by molar-refractivity contribution is 8.00. The molecule has 0 aromatic heterocycles. The summed E-state index contributed by atoms with van der Waals surface area (Å²) in [5, 5.41) is 2.99. The molecular weight excluding hydrogens is 332 g/mol. The first kappa shape index (κ1) is 17.8. The Morgan fingerprint density at radius 1 is 1.08 bits per heavy atom. The van der Waals surface area contributed by atoms with Gasteiger partial charge in [0.05, 0.1) is 19.0 Å². The van der Waals surface area contributed by atoms with E-state index in [1.54, 1.807) is 11.8 Å². The van der Waals surface area contributed by atoms with Gasteiger partial charge in [0.2, 0.25) is 5.91 Å². The summed E-state index contributed by atoms with van der Waals surface area (Å²) in [4.78, 5) is 15.5. The molecule has 0 saturated carbocycles. The minimum absolute atomic E-state index is 0.0582. The molecule has 25 heavy (non-hydrogen) atoms. The Morgan fingerprint density at radius 2 is 1.76 bits per heavy atom. The highest BCUT2D eigenvalue weighted by atomic mass is 32.2. The number of carbonyl (C=O) groups excluding carboxylic acids is 1. The molecule has 0 spiro atoms. The molecule has 0 aliphatic carbocycles. The van der Waals surface area contributed by atoms with Crippen molar-refractivity contribution >= 4 is 23.4 Å². The minimum Gasteiger partial charge on any atom is -0.378 e. The molecule has 132 valence electrons. The molecule has 1 aliphatic heterocycles. The van der Waals surface area contributed by atoms with E-state index in [2.05, 4.69) is 65.7 Å². The number of carbonyl (C=O) groups is 1. The SMILES string of the molecule is Cc1ccc(SCC(=O)NCc2ccc(N3CCOCC3)cc2)cc1. The minimum atomic E-state index is 0.0582. The molecule has 3 rings (SSSR count). The van der Waals surface area contributed by atoms with Gasteiger partial charge in [0.25, 0.3) is 0 Å². The molecule has 4 nitrogen and oxygen atoms in total. The van der Waals surface area contributed by atoms with Crippen molar-refractivity contribution in [3.05, 3.63) is 59.7 Å². The monoisotopic (exact) mass is 356 g/mol. The Balaban J connectivity index is 1.43. The van der Waals surface area contributed by atoms with Crippen LogP contribution in [0.2, 0.25) is 0 Å². The molecule has 1 N–H and O–H groups in total. The number of benzene rings is 2. The number of amides is 1. The van der Waals surface area contributed by atoms with Gasteiger partial charge in [-0.25, -0.2) is 0 Å². The number of nitrogens with one attached hydrogen (secondary N) is 1. The number of ether oxygens (including phenoxy) is 1. The third-order valence-corrected chi connectivity index (χ3v) is 5.21. The van der Waals surface area contributed by atoms with Gasteiger partial charge in [0.1, 0.15) is 0 Å². The fourth-order valence-electron chi connectivity index (χ4n) is 2.68. The number of aryl methyl sites for hydroxylation is 1. The van der Waals surface area contributed by atoms with Gasteiger partial charge in [-0.15, -0.1) is 11.8 Å². The lowest BCUT2D eigenvalue weighted by Gasteiger charge is -2.28. The normalized spacial score (nSPS) is 14.4. The van der Waals surface area contributed by atoms with E-state index in [9.17, 15) is 4.79 Å². The fourth-order valence-corrected chi connectivity index (χ4v) is 3.41. The zero-order valence-corrected chi connectivity index (χ0v) is 15.3. The smallest absolute Gasteiger partial charge is 0.230 e.